The number of aryl methyl sites for hydroxylation is 1. The number of aromatic amines is 1. The number of H-pyrrole nitrogens is 1. The fourth-order valence-corrected chi connectivity index (χ4v) is 2.50. The molecular formula is C11H12N2O2. The van der Waals surface area contributed by atoms with Crippen LogP contribution in [-0.4, -0.2) is 15.8 Å². The van der Waals surface area contributed by atoms with Crippen LogP contribution in [0.5, 0.6) is 0 Å². The van der Waals surface area contributed by atoms with Crippen LogP contribution in [-0.2, 0) is 16.6 Å². The summed E-state index contributed by atoms with van der Waals surface area (Å²) in [5, 5.41) is 0. The molecule has 2 aliphatic carbocycles. The van der Waals surface area contributed by atoms with Crippen LogP contribution in [0.3, 0.4) is 0 Å². The van der Waals surface area contributed by atoms with Crippen LogP contribution in [0.1, 0.15) is 36.3 Å². The highest BCUT2D eigenvalue weighted by molar-refractivity contribution is 5.85. The zero-order chi connectivity index (χ0) is 10.6. The van der Waals surface area contributed by atoms with E-state index in [0.717, 1.165) is 18.5 Å². The standard InChI is InChI=1S/C11H12N2O2/c1-6-12-9-8(10(15)13-6)4-7(14)5-11(9)2-3-11/h2-5H2,1H3,(H,12,13,15). The number of ketones is 1. The van der Waals surface area contributed by atoms with E-state index in [-0.39, 0.29) is 23.2 Å². The summed E-state index contributed by atoms with van der Waals surface area (Å²) in [4.78, 5) is 30.3. The van der Waals surface area contributed by atoms with E-state index < -0.39 is 0 Å². The van der Waals surface area contributed by atoms with Gasteiger partial charge in [0.2, 0.25) is 0 Å². The molecule has 78 valence electrons. The van der Waals surface area contributed by atoms with E-state index in [0.29, 0.717) is 17.8 Å². The molecule has 0 amide bonds. The molecule has 1 aromatic rings. The molecule has 0 bridgehead atoms. The average molecular weight is 204 g/mol. The molecule has 0 atom stereocenters. The summed E-state index contributed by atoms with van der Waals surface area (Å²) < 4.78 is 0. The normalized spacial score (nSPS) is 21.5. The van der Waals surface area contributed by atoms with Gasteiger partial charge in [-0.25, -0.2) is 4.98 Å². The number of hydrogen-bond donors (Lipinski definition) is 1. The molecule has 2 aliphatic rings. The zero-order valence-electron chi connectivity index (χ0n) is 8.59. The molecular weight excluding hydrogens is 192 g/mol. The average Bonchev–Trinajstić information content (AvgIpc) is 2.89. The van der Waals surface area contributed by atoms with Crippen molar-refractivity contribution in [2.24, 2.45) is 0 Å². The molecule has 0 saturated heterocycles. The maximum atomic E-state index is 11.7. The number of hydrogen-bond acceptors (Lipinski definition) is 3. The second-order valence-corrected chi connectivity index (χ2v) is 4.65. The third-order valence-corrected chi connectivity index (χ3v) is 3.40. The maximum Gasteiger partial charge on any atom is 0.254 e. The van der Waals surface area contributed by atoms with Gasteiger partial charge in [0.05, 0.1) is 5.69 Å². The summed E-state index contributed by atoms with van der Waals surface area (Å²) in [6, 6.07) is 0. The first kappa shape index (κ1) is 8.83. The fraction of sp³-hybridized carbons (Fsp3) is 0.545. The van der Waals surface area contributed by atoms with Crippen molar-refractivity contribution in [3.8, 4) is 0 Å². The van der Waals surface area contributed by atoms with Crippen molar-refractivity contribution in [2.75, 3.05) is 0 Å². The maximum absolute atomic E-state index is 11.7. The lowest BCUT2D eigenvalue weighted by Crippen LogP contribution is -2.32. The largest absolute Gasteiger partial charge is 0.311 e. The number of fused-ring (bicyclic) bond motifs is 2. The molecule has 4 nitrogen and oxygen atoms in total. The third kappa shape index (κ3) is 1.17. The molecule has 15 heavy (non-hydrogen) atoms. The molecule has 1 aromatic heterocycles. The summed E-state index contributed by atoms with van der Waals surface area (Å²) >= 11 is 0. The molecule has 0 unspecified atom stereocenters. The van der Waals surface area contributed by atoms with E-state index in [2.05, 4.69) is 9.97 Å². The van der Waals surface area contributed by atoms with E-state index >= 15 is 0 Å². The SMILES string of the molecule is Cc1nc2c(c(=O)[nH]1)CC(=O)CC21CC1. The van der Waals surface area contributed by atoms with E-state index in [1.165, 1.54) is 0 Å². The predicted molar refractivity (Wildman–Crippen MR) is 53.8 cm³/mol. The number of carbonyl (C=O) groups is 1. The summed E-state index contributed by atoms with van der Waals surface area (Å²) in [7, 11) is 0. The number of Topliss-reactive ketones (excluding diaryl/α,β-unsaturated/α-hetero) is 1. The second kappa shape index (κ2) is 2.56. The van der Waals surface area contributed by atoms with E-state index in [1.54, 1.807) is 6.92 Å². The van der Waals surface area contributed by atoms with Crippen LogP contribution in [0.2, 0.25) is 0 Å². The van der Waals surface area contributed by atoms with E-state index in [4.69, 9.17) is 0 Å². The molecule has 1 N–H and O–H groups in total. The van der Waals surface area contributed by atoms with Gasteiger partial charge >= 0.3 is 0 Å². The first-order valence-corrected chi connectivity index (χ1v) is 5.23. The molecule has 0 radical (unpaired) electrons. The summed E-state index contributed by atoms with van der Waals surface area (Å²) in [6.45, 7) is 1.79. The Kier molecular flexibility index (Phi) is 1.51. The Morgan fingerprint density at radius 3 is 2.73 bits per heavy atom. The quantitative estimate of drug-likeness (QED) is 0.674. The summed E-state index contributed by atoms with van der Waals surface area (Å²) in [6.07, 6.45) is 2.85. The number of aromatic nitrogens is 2. The lowest BCUT2D eigenvalue weighted by Gasteiger charge is -2.22. The summed E-state index contributed by atoms with van der Waals surface area (Å²) in [5.41, 5.74) is 1.30. The molecule has 0 aliphatic heterocycles. The van der Waals surface area contributed by atoms with Crippen molar-refractivity contribution in [3.63, 3.8) is 0 Å². The number of rotatable bonds is 0. The molecule has 1 heterocycles. The number of nitrogens with zero attached hydrogens (tertiary/aromatic N) is 1. The molecule has 4 heteroatoms. The monoisotopic (exact) mass is 204 g/mol. The van der Waals surface area contributed by atoms with Crippen molar-refractivity contribution in [2.45, 2.75) is 38.0 Å². The highest BCUT2D eigenvalue weighted by Crippen LogP contribution is 2.53. The first-order chi connectivity index (χ1) is 7.11. The van der Waals surface area contributed by atoms with Crippen molar-refractivity contribution < 1.29 is 4.79 Å². The second-order valence-electron chi connectivity index (χ2n) is 4.65. The Hall–Kier alpha value is -1.45. The smallest absolute Gasteiger partial charge is 0.254 e. The Labute approximate surface area is 86.7 Å². The Bertz CT molecular complexity index is 512. The van der Waals surface area contributed by atoms with Gasteiger partial charge in [-0.1, -0.05) is 0 Å². The molecule has 1 fully saturated rings. The van der Waals surface area contributed by atoms with E-state index in [1.807, 2.05) is 0 Å². The van der Waals surface area contributed by atoms with Gasteiger partial charge in [-0.2, -0.15) is 0 Å². The Morgan fingerprint density at radius 2 is 2.07 bits per heavy atom. The van der Waals surface area contributed by atoms with Gasteiger partial charge in [0, 0.05) is 23.8 Å². The fourth-order valence-electron chi connectivity index (χ4n) is 2.50. The van der Waals surface area contributed by atoms with Crippen LogP contribution in [0.4, 0.5) is 0 Å². The van der Waals surface area contributed by atoms with Crippen LogP contribution >= 0.6 is 0 Å². The minimum Gasteiger partial charge on any atom is -0.311 e. The summed E-state index contributed by atoms with van der Waals surface area (Å²) in [5.74, 6) is 0.829. The van der Waals surface area contributed by atoms with Gasteiger partial charge in [0.1, 0.15) is 11.6 Å². The van der Waals surface area contributed by atoms with E-state index in [9.17, 15) is 9.59 Å². The van der Waals surface area contributed by atoms with Crippen LogP contribution in [0.25, 0.3) is 0 Å². The Morgan fingerprint density at radius 1 is 1.33 bits per heavy atom. The van der Waals surface area contributed by atoms with Crippen LogP contribution < -0.4 is 5.56 Å². The minimum atomic E-state index is -0.128. The van der Waals surface area contributed by atoms with Gasteiger partial charge in [-0.05, 0) is 19.8 Å². The molecule has 1 saturated carbocycles. The van der Waals surface area contributed by atoms with Crippen molar-refractivity contribution in [1.82, 2.24) is 9.97 Å². The first-order valence-electron chi connectivity index (χ1n) is 5.23. The van der Waals surface area contributed by atoms with Crippen molar-refractivity contribution in [3.05, 3.63) is 27.4 Å². The number of carbonyl (C=O) groups excluding carboxylic acids is 1. The number of nitrogens with one attached hydrogen (secondary N) is 1. The van der Waals surface area contributed by atoms with Gasteiger partial charge in [-0.15, -0.1) is 0 Å². The highest BCUT2D eigenvalue weighted by Gasteiger charge is 2.51. The molecule has 1 spiro atoms. The van der Waals surface area contributed by atoms with Gasteiger partial charge < -0.3 is 4.98 Å². The lowest BCUT2D eigenvalue weighted by atomic mass is 9.83. The minimum absolute atomic E-state index is 0.0658. The predicted octanol–water partition coefficient (Wildman–Crippen LogP) is 0.625. The molecule has 0 aromatic carbocycles. The third-order valence-electron chi connectivity index (χ3n) is 3.40. The van der Waals surface area contributed by atoms with Crippen LogP contribution in [0, 0.1) is 6.92 Å². The van der Waals surface area contributed by atoms with Crippen LogP contribution in [0.15, 0.2) is 4.79 Å². The van der Waals surface area contributed by atoms with Gasteiger partial charge in [0.25, 0.3) is 5.56 Å². The lowest BCUT2D eigenvalue weighted by molar-refractivity contribution is -0.119. The zero-order valence-corrected chi connectivity index (χ0v) is 8.59. The van der Waals surface area contributed by atoms with Gasteiger partial charge in [0.15, 0.2) is 0 Å². The topological polar surface area (TPSA) is 62.8 Å². The Balaban J connectivity index is 2.28. The van der Waals surface area contributed by atoms with Gasteiger partial charge in [-0.3, -0.25) is 9.59 Å². The van der Waals surface area contributed by atoms with Crippen molar-refractivity contribution in [1.29, 1.82) is 0 Å². The van der Waals surface area contributed by atoms with Crippen molar-refractivity contribution >= 4 is 5.78 Å². The highest BCUT2D eigenvalue weighted by atomic mass is 16.1. The molecule has 3 rings (SSSR count).